The number of piperazine rings is 1. The molecule has 160 valence electrons. The topological polar surface area (TPSA) is 77.5 Å². The van der Waals surface area contributed by atoms with Crippen LogP contribution in [0.1, 0.15) is 22.8 Å². The van der Waals surface area contributed by atoms with Gasteiger partial charge in [-0.15, -0.1) is 5.10 Å². The highest BCUT2D eigenvalue weighted by molar-refractivity contribution is 7.20. The Kier molecular flexibility index (Phi) is 5.07. The first kappa shape index (κ1) is 20.2. The summed E-state index contributed by atoms with van der Waals surface area (Å²) in [7, 11) is 0. The number of benzene rings is 2. The number of halogens is 1. The predicted octanol–water partition coefficient (Wildman–Crippen LogP) is 4.00. The molecule has 2 aromatic carbocycles. The molecule has 0 unspecified atom stereocenters. The van der Waals surface area contributed by atoms with Gasteiger partial charge >= 0.3 is 0 Å². The van der Waals surface area contributed by atoms with Crippen molar-refractivity contribution in [3.05, 3.63) is 65.6 Å². The van der Waals surface area contributed by atoms with Crippen LogP contribution >= 0.6 is 11.3 Å². The molecule has 0 amide bonds. The number of aromatic nitrogens is 3. The zero-order valence-corrected chi connectivity index (χ0v) is 18.1. The minimum atomic E-state index is -0.274. The molecule has 1 aliphatic rings. The highest BCUT2D eigenvalue weighted by Crippen LogP contribution is 2.29. The number of rotatable bonds is 4. The standard InChI is InChI=1S/C23H19FN6OS/c1-15(31)19-7-2-16(13-25)12-21(19)28-8-10-29(11-9-28)23-27-30-14-20(26-22(30)32-23)17-3-5-18(24)6-4-17/h2-7,12,14H,8-11H2,1H3. The number of anilines is 2. The molecule has 32 heavy (non-hydrogen) atoms. The van der Waals surface area contributed by atoms with E-state index in [-0.39, 0.29) is 11.6 Å². The fourth-order valence-electron chi connectivity index (χ4n) is 3.88. The van der Waals surface area contributed by atoms with Gasteiger partial charge in [0.15, 0.2) is 5.78 Å². The molecule has 2 aromatic heterocycles. The van der Waals surface area contributed by atoms with Crippen LogP contribution in [0, 0.1) is 17.1 Å². The van der Waals surface area contributed by atoms with Crippen LogP contribution in [0.25, 0.3) is 16.2 Å². The van der Waals surface area contributed by atoms with E-state index in [4.69, 9.17) is 0 Å². The zero-order valence-electron chi connectivity index (χ0n) is 17.3. The molecule has 0 saturated carbocycles. The number of fused-ring (bicyclic) bond motifs is 1. The normalized spacial score (nSPS) is 14.0. The highest BCUT2D eigenvalue weighted by Gasteiger charge is 2.23. The summed E-state index contributed by atoms with van der Waals surface area (Å²) >= 11 is 1.51. The zero-order chi connectivity index (χ0) is 22.2. The smallest absolute Gasteiger partial charge is 0.214 e. The van der Waals surface area contributed by atoms with Crippen molar-refractivity contribution in [2.75, 3.05) is 36.0 Å². The van der Waals surface area contributed by atoms with Crippen molar-refractivity contribution in [1.29, 1.82) is 5.26 Å². The van der Waals surface area contributed by atoms with Crippen LogP contribution < -0.4 is 9.80 Å². The molecule has 0 radical (unpaired) electrons. The molecule has 0 atom stereocenters. The summed E-state index contributed by atoms with van der Waals surface area (Å²) in [5.74, 6) is -0.283. The highest BCUT2D eigenvalue weighted by atomic mass is 32.1. The van der Waals surface area contributed by atoms with Crippen LogP contribution in [0.5, 0.6) is 0 Å². The Bertz CT molecular complexity index is 1310. The predicted molar refractivity (Wildman–Crippen MR) is 122 cm³/mol. The SMILES string of the molecule is CC(=O)c1ccc(C#N)cc1N1CCN(c2nn3cc(-c4ccc(F)cc4)nc3s2)CC1. The molecule has 0 aliphatic carbocycles. The van der Waals surface area contributed by atoms with E-state index in [9.17, 15) is 14.4 Å². The number of hydrogen-bond acceptors (Lipinski definition) is 7. The summed E-state index contributed by atoms with van der Waals surface area (Å²) in [4.78, 5) is 21.8. The summed E-state index contributed by atoms with van der Waals surface area (Å²) in [5, 5.41) is 14.8. The van der Waals surface area contributed by atoms with Gasteiger partial charge in [0.2, 0.25) is 10.1 Å². The van der Waals surface area contributed by atoms with Crippen molar-refractivity contribution < 1.29 is 9.18 Å². The maximum Gasteiger partial charge on any atom is 0.214 e. The van der Waals surface area contributed by atoms with Crippen molar-refractivity contribution in [1.82, 2.24) is 14.6 Å². The quantitative estimate of drug-likeness (QED) is 0.441. The second-order valence-corrected chi connectivity index (χ2v) is 8.55. The van der Waals surface area contributed by atoms with Crippen molar-refractivity contribution in [3.63, 3.8) is 0 Å². The van der Waals surface area contributed by atoms with Crippen molar-refractivity contribution in [2.24, 2.45) is 0 Å². The number of Topliss-reactive ketones (excluding diaryl/α,β-unsaturated/α-hetero) is 1. The molecule has 5 rings (SSSR count). The molecule has 1 fully saturated rings. The molecule has 0 spiro atoms. The van der Waals surface area contributed by atoms with E-state index in [1.165, 1.54) is 23.5 Å². The van der Waals surface area contributed by atoms with Gasteiger partial charge in [-0.2, -0.15) is 5.26 Å². The van der Waals surface area contributed by atoms with Gasteiger partial charge < -0.3 is 9.80 Å². The van der Waals surface area contributed by atoms with Crippen LogP contribution in [-0.4, -0.2) is 46.6 Å². The van der Waals surface area contributed by atoms with E-state index in [1.807, 2.05) is 6.20 Å². The first-order valence-electron chi connectivity index (χ1n) is 10.2. The van der Waals surface area contributed by atoms with Gasteiger partial charge in [0.05, 0.1) is 23.5 Å². The van der Waals surface area contributed by atoms with E-state index >= 15 is 0 Å². The summed E-state index contributed by atoms with van der Waals surface area (Å²) in [5.41, 5.74) is 3.60. The minimum Gasteiger partial charge on any atom is -0.367 e. The Hall–Kier alpha value is -3.77. The third-order valence-electron chi connectivity index (χ3n) is 5.57. The summed E-state index contributed by atoms with van der Waals surface area (Å²) in [6.45, 7) is 4.48. The van der Waals surface area contributed by atoms with Gasteiger partial charge in [-0.25, -0.2) is 13.9 Å². The molecule has 4 aromatic rings. The molecular formula is C23H19FN6OS. The summed E-state index contributed by atoms with van der Waals surface area (Å²) in [6.07, 6.45) is 1.85. The molecule has 7 nitrogen and oxygen atoms in total. The van der Waals surface area contributed by atoms with Crippen LogP contribution in [0.2, 0.25) is 0 Å². The third kappa shape index (κ3) is 3.69. The minimum absolute atomic E-state index is 0.00924. The van der Waals surface area contributed by atoms with E-state index in [0.717, 1.165) is 53.2 Å². The van der Waals surface area contributed by atoms with Gasteiger partial charge in [-0.1, -0.05) is 11.3 Å². The monoisotopic (exact) mass is 446 g/mol. The van der Waals surface area contributed by atoms with E-state index in [0.29, 0.717) is 11.1 Å². The molecule has 3 heterocycles. The second-order valence-electron chi connectivity index (χ2n) is 7.62. The van der Waals surface area contributed by atoms with Crippen LogP contribution in [0.15, 0.2) is 48.7 Å². The molecule has 9 heteroatoms. The van der Waals surface area contributed by atoms with Gasteiger partial charge in [-0.3, -0.25) is 4.79 Å². The maximum absolute atomic E-state index is 13.2. The number of ketones is 1. The number of imidazole rings is 1. The Morgan fingerprint density at radius 2 is 1.81 bits per heavy atom. The number of nitriles is 1. The van der Waals surface area contributed by atoms with E-state index < -0.39 is 0 Å². The Morgan fingerprint density at radius 1 is 1.09 bits per heavy atom. The lowest BCUT2D eigenvalue weighted by atomic mass is 10.0. The van der Waals surface area contributed by atoms with Gasteiger partial charge in [0, 0.05) is 43.0 Å². The largest absolute Gasteiger partial charge is 0.367 e. The number of carbonyl (C=O) groups excluding carboxylic acids is 1. The van der Waals surface area contributed by atoms with Crippen molar-refractivity contribution in [2.45, 2.75) is 6.92 Å². The number of carbonyl (C=O) groups is 1. The summed E-state index contributed by atoms with van der Waals surface area (Å²) < 4.78 is 14.9. The van der Waals surface area contributed by atoms with Crippen LogP contribution in [-0.2, 0) is 0 Å². The second kappa shape index (κ2) is 8.05. The lowest BCUT2D eigenvalue weighted by molar-refractivity contribution is 0.101. The van der Waals surface area contributed by atoms with E-state index in [1.54, 1.807) is 41.8 Å². The summed E-state index contributed by atoms with van der Waals surface area (Å²) in [6, 6.07) is 13.6. The van der Waals surface area contributed by atoms with Gasteiger partial charge in [0.25, 0.3) is 0 Å². The Labute approximate surface area is 187 Å². The Balaban J connectivity index is 1.32. The maximum atomic E-state index is 13.2. The lowest BCUT2D eigenvalue weighted by Crippen LogP contribution is -2.47. The van der Waals surface area contributed by atoms with E-state index in [2.05, 4.69) is 26.0 Å². The fourth-order valence-corrected chi connectivity index (χ4v) is 4.81. The molecule has 0 bridgehead atoms. The average Bonchev–Trinajstić information content (AvgIpc) is 3.39. The van der Waals surface area contributed by atoms with Crippen molar-refractivity contribution >= 4 is 32.9 Å². The van der Waals surface area contributed by atoms with Crippen molar-refractivity contribution in [3.8, 4) is 17.3 Å². The molecule has 0 N–H and O–H groups in total. The number of hydrogen-bond donors (Lipinski definition) is 0. The molecule has 1 aliphatic heterocycles. The number of nitrogens with zero attached hydrogens (tertiary/aromatic N) is 6. The first-order valence-corrected chi connectivity index (χ1v) is 11.0. The molecule has 1 saturated heterocycles. The van der Waals surface area contributed by atoms with Crippen LogP contribution in [0.3, 0.4) is 0 Å². The first-order chi connectivity index (χ1) is 15.5. The van der Waals surface area contributed by atoms with Gasteiger partial charge in [0.1, 0.15) is 5.82 Å². The average molecular weight is 447 g/mol. The lowest BCUT2D eigenvalue weighted by Gasteiger charge is -2.36. The van der Waals surface area contributed by atoms with Gasteiger partial charge in [-0.05, 0) is 49.4 Å². The molecular weight excluding hydrogens is 427 g/mol. The fraction of sp³-hybridized carbons (Fsp3) is 0.217. The Morgan fingerprint density at radius 3 is 2.47 bits per heavy atom. The third-order valence-corrected chi connectivity index (χ3v) is 6.55. The van der Waals surface area contributed by atoms with Crippen LogP contribution in [0.4, 0.5) is 15.2 Å².